The van der Waals surface area contributed by atoms with E-state index >= 15 is 0 Å². The van der Waals surface area contributed by atoms with Crippen molar-refractivity contribution in [3.05, 3.63) is 35.4 Å². The van der Waals surface area contributed by atoms with Crippen molar-refractivity contribution in [2.24, 2.45) is 0 Å². The molecule has 0 radical (unpaired) electrons. The van der Waals surface area contributed by atoms with Crippen molar-refractivity contribution in [2.45, 2.75) is 44.6 Å². The Kier molecular flexibility index (Phi) is 5.00. The molecule has 1 unspecified atom stereocenters. The van der Waals surface area contributed by atoms with Crippen LogP contribution >= 0.6 is 0 Å². The molecule has 2 fully saturated rings. The summed E-state index contributed by atoms with van der Waals surface area (Å²) in [6, 6.07) is 8.07. The smallest absolute Gasteiger partial charge is 0.149 e. The van der Waals surface area contributed by atoms with Crippen LogP contribution in [0.25, 0.3) is 11.3 Å². The molecule has 1 aliphatic heterocycles. The first-order chi connectivity index (χ1) is 13.1. The Morgan fingerprint density at radius 1 is 1.19 bits per heavy atom. The number of aromatic hydroxyl groups is 1. The maximum absolute atomic E-state index is 10.5. The zero-order valence-corrected chi connectivity index (χ0v) is 16.0. The van der Waals surface area contributed by atoms with Crippen LogP contribution in [0.15, 0.2) is 24.3 Å². The molecule has 0 spiro atoms. The summed E-state index contributed by atoms with van der Waals surface area (Å²) < 4.78 is 0. The van der Waals surface area contributed by atoms with Crippen LogP contribution in [0.3, 0.4) is 0 Å². The van der Waals surface area contributed by atoms with E-state index in [4.69, 9.17) is 0 Å². The Morgan fingerprint density at radius 2 is 2.04 bits per heavy atom. The molecule has 2 aliphatic rings. The van der Waals surface area contributed by atoms with Gasteiger partial charge < -0.3 is 15.3 Å². The Morgan fingerprint density at radius 3 is 2.74 bits per heavy atom. The molecule has 1 aromatic carbocycles. The van der Waals surface area contributed by atoms with Crippen molar-refractivity contribution < 1.29 is 5.11 Å². The van der Waals surface area contributed by atoms with Gasteiger partial charge in [0.2, 0.25) is 0 Å². The van der Waals surface area contributed by atoms with Crippen LogP contribution in [-0.4, -0.2) is 46.4 Å². The highest BCUT2D eigenvalue weighted by Crippen LogP contribution is 2.45. The highest BCUT2D eigenvalue weighted by molar-refractivity contribution is 5.72. The molecule has 140 valence electrons. The standard InChI is InChI=1S/C22H26N4O/c1-3-5-15-7-10-18(20(27)12-15)22-19(16-8-9-16)13-21(24-25-22)23-17-6-4-11-26(2)14-17/h7,10,12-13,16-17,27H,4,6,8-9,11,14H2,1-2H3,(H,23,24). The Bertz CT molecular complexity index is 895. The molecule has 4 rings (SSSR count). The minimum absolute atomic E-state index is 0.209. The number of phenols is 1. The number of benzene rings is 1. The molecule has 1 saturated heterocycles. The second kappa shape index (κ2) is 7.58. The quantitative estimate of drug-likeness (QED) is 0.814. The lowest BCUT2D eigenvalue weighted by atomic mass is 10.0. The predicted molar refractivity (Wildman–Crippen MR) is 108 cm³/mol. The van der Waals surface area contributed by atoms with Gasteiger partial charge in [0.15, 0.2) is 0 Å². The number of piperidine rings is 1. The van der Waals surface area contributed by atoms with Gasteiger partial charge in [-0.3, -0.25) is 0 Å². The van der Waals surface area contributed by atoms with Gasteiger partial charge in [-0.1, -0.05) is 5.92 Å². The Labute approximate surface area is 160 Å². The maximum atomic E-state index is 10.5. The summed E-state index contributed by atoms with van der Waals surface area (Å²) in [6.45, 7) is 3.98. The molecule has 1 atom stereocenters. The number of hydrogen-bond donors (Lipinski definition) is 2. The van der Waals surface area contributed by atoms with Gasteiger partial charge in [0.05, 0.1) is 0 Å². The first kappa shape index (κ1) is 17.8. The van der Waals surface area contributed by atoms with E-state index in [-0.39, 0.29) is 5.75 Å². The topological polar surface area (TPSA) is 61.3 Å². The van der Waals surface area contributed by atoms with Crippen LogP contribution in [0.2, 0.25) is 0 Å². The number of rotatable bonds is 4. The summed E-state index contributed by atoms with van der Waals surface area (Å²) in [5.41, 5.74) is 3.51. The van der Waals surface area contributed by atoms with E-state index in [0.717, 1.165) is 42.1 Å². The van der Waals surface area contributed by atoms with Crippen LogP contribution < -0.4 is 5.32 Å². The van der Waals surface area contributed by atoms with Crippen LogP contribution in [-0.2, 0) is 0 Å². The second-order valence-electron chi connectivity index (χ2n) is 7.66. The number of likely N-dealkylation sites (tertiary alicyclic amines) is 1. The zero-order chi connectivity index (χ0) is 18.8. The zero-order valence-electron chi connectivity index (χ0n) is 16.0. The average Bonchev–Trinajstić information content (AvgIpc) is 3.48. The molecule has 1 aromatic heterocycles. The molecule has 2 aromatic rings. The fraction of sp³-hybridized carbons (Fsp3) is 0.455. The molecule has 2 heterocycles. The summed E-state index contributed by atoms with van der Waals surface area (Å²) in [5.74, 6) is 7.40. The summed E-state index contributed by atoms with van der Waals surface area (Å²) in [7, 11) is 2.16. The minimum Gasteiger partial charge on any atom is -0.507 e. The van der Waals surface area contributed by atoms with Gasteiger partial charge in [-0.15, -0.1) is 16.1 Å². The highest BCUT2D eigenvalue weighted by atomic mass is 16.3. The summed E-state index contributed by atoms with van der Waals surface area (Å²) in [5, 5.41) is 23.0. The van der Waals surface area contributed by atoms with Gasteiger partial charge in [0.25, 0.3) is 0 Å². The lowest BCUT2D eigenvalue weighted by Crippen LogP contribution is -2.39. The number of likely N-dealkylation sites (N-methyl/N-ethyl adjacent to an activating group) is 1. The van der Waals surface area contributed by atoms with Crippen molar-refractivity contribution in [1.82, 2.24) is 15.1 Å². The van der Waals surface area contributed by atoms with Crippen LogP contribution in [0.4, 0.5) is 5.82 Å². The first-order valence-corrected chi connectivity index (χ1v) is 9.73. The maximum Gasteiger partial charge on any atom is 0.149 e. The number of nitrogens with zero attached hydrogens (tertiary/aromatic N) is 3. The Balaban J connectivity index is 1.63. The van der Waals surface area contributed by atoms with Crippen LogP contribution in [0.5, 0.6) is 5.75 Å². The van der Waals surface area contributed by atoms with Crippen molar-refractivity contribution in [3.8, 4) is 28.8 Å². The lowest BCUT2D eigenvalue weighted by Gasteiger charge is -2.30. The van der Waals surface area contributed by atoms with E-state index in [1.165, 1.54) is 24.8 Å². The fourth-order valence-corrected chi connectivity index (χ4v) is 3.84. The predicted octanol–water partition coefficient (Wildman–Crippen LogP) is 3.60. The normalized spacial score (nSPS) is 20.0. The molecule has 1 aliphatic carbocycles. The number of aromatic nitrogens is 2. The van der Waals surface area contributed by atoms with Crippen molar-refractivity contribution in [2.75, 3.05) is 25.5 Å². The molecular weight excluding hydrogens is 336 g/mol. The number of hydrogen-bond acceptors (Lipinski definition) is 5. The first-order valence-electron chi connectivity index (χ1n) is 9.73. The van der Waals surface area contributed by atoms with Gasteiger partial charge in [-0.25, -0.2) is 0 Å². The van der Waals surface area contributed by atoms with Gasteiger partial charge in [0, 0.05) is 23.7 Å². The van der Waals surface area contributed by atoms with Crippen molar-refractivity contribution >= 4 is 5.82 Å². The lowest BCUT2D eigenvalue weighted by molar-refractivity contribution is 0.260. The van der Waals surface area contributed by atoms with Gasteiger partial charge in [0.1, 0.15) is 17.3 Å². The molecule has 1 saturated carbocycles. The van der Waals surface area contributed by atoms with Crippen molar-refractivity contribution in [1.29, 1.82) is 0 Å². The van der Waals surface area contributed by atoms with E-state index in [1.54, 1.807) is 13.0 Å². The summed E-state index contributed by atoms with van der Waals surface area (Å²) >= 11 is 0. The molecule has 0 bridgehead atoms. The monoisotopic (exact) mass is 362 g/mol. The third-order valence-corrected chi connectivity index (χ3v) is 5.34. The van der Waals surface area contributed by atoms with Crippen LogP contribution in [0.1, 0.15) is 49.7 Å². The number of phenolic OH excluding ortho intramolecular Hbond substituents is 1. The number of anilines is 1. The average molecular weight is 362 g/mol. The summed E-state index contributed by atoms with van der Waals surface area (Å²) in [4.78, 5) is 2.35. The van der Waals surface area contributed by atoms with E-state index in [9.17, 15) is 5.11 Å². The van der Waals surface area contributed by atoms with Gasteiger partial charge >= 0.3 is 0 Å². The van der Waals surface area contributed by atoms with E-state index in [1.807, 2.05) is 12.1 Å². The molecule has 27 heavy (non-hydrogen) atoms. The third kappa shape index (κ3) is 4.06. The Hall–Kier alpha value is -2.58. The number of nitrogens with one attached hydrogen (secondary N) is 1. The second-order valence-corrected chi connectivity index (χ2v) is 7.66. The molecule has 5 nitrogen and oxygen atoms in total. The molecule has 0 amide bonds. The molecular formula is C22H26N4O. The molecule has 5 heteroatoms. The SMILES string of the molecule is CC#Cc1ccc(-c2nnc(NC3CCCN(C)C3)cc2C2CC2)c(O)c1. The van der Waals surface area contributed by atoms with Gasteiger partial charge in [-0.05, 0) is 81.9 Å². The van der Waals surface area contributed by atoms with E-state index in [2.05, 4.69) is 45.4 Å². The van der Waals surface area contributed by atoms with E-state index < -0.39 is 0 Å². The molecule has 2 N–H and O–H groups in total. The van der Waals surface area contributed by atoms with Gasteiger partial charge in [-0.2, -0.15) is 0 Å². The van der Waals surface area contributed by atoms with Crippen molar-refractivity contribution in [3.63, 3.8) is 0 Å². The largest absolute Gasteiger partial charge is 0.507 e. The third-order valence-electron chi connectivity index (χ3n) is 5.34. The summed E-state index contributed by atoms with van der Waals surface area (Å²) in [6.07, 6.45) is 4.71. The highest BCUT2D eigenvalue weighted by Gasteiger charge is 2.29. The van der Waals surface area contributed by atoms with Crippen LogP contribution in [0, 0.1) is 11.8 Å². The van der Waals surface area contributed by atoms with E-state index in [0.29, 0.717) is 12.0 Å². The minimum atomic E-state index is 0.209. The fourth-order valence-electron chi connectivity index (χ4n) is 3.84.